The molecular weight excluding hydrogens is 660 g/mol. The van der Waals surface area contributed by atoms with Crippen molar-refractivity contribution in [1.82, 2.24) is 25.8 Å². The molecule has 4 atom stereocenters. The number of amides is 6. The van der Waals surface area contributed by atoms with Gasteiger partial charge in [-0.05, 0) is 48.6 Å². The molecule has 6 amide bonds. The molecule has 1 aliphatic rings. The molecule has 0 spiro atoms. The number of hydrogen-bond donors (Lipinski definition) is 9. The van der Waals surface area contributed by atoms with E-state index >= 15 is 0 Å². The van der Waals surface area contributed by atoms with E-state index in [2.05, 4.69) is 25.9 Å². The summed E-state index contributed by atoms with van der Waals surface area (Å²) in [6.07, 6.45) is 0.0735. The summed E-state index contributed by atoms with van der Waals surface area (Å²) in [5.41, 5.74) is 24.8. The fourth-order valence-corrected chi connectivity index (χ4v) is 6.07. The Kier molecular flexibility index (Phi) is 12.6. The van der Waals surface area contributed by atoms with E-state index in [1.165, 1.54) is 24.0 Å². The second kappa shape index (κ2) is 17.0. The van der Waals surface area contributed by atoms with Crippen LogP contribution in [-0.4, -0.2) is 87.1 Å². The van der Waals surface area contributed by atoms with Crippen LogP contribution < -0.4 is 38.9 Å². The van der Waals surface area contributed by atoms with Crippen LogP contribution in [-0.2, 0) is 48.2 Å². The number of carbonyl (C=O) groups excluding carboxylic acids is 6. The zero-order valence-electron chi connectivity index (χ0n) is 28.2. The zero-order chi connectivity index (χ0) is 37.2. The quantitative estimate of drug-likeness (QED) is 0.0483. The minimum absolute atomic E-state index is 0.0274. The van der Waals surface area contributed by atoms with E-state index in [0.717, 1.165) is 16.5 Å². The average Bonchev–Trinajstić information content (AvgIpc) is 3.44. The lowest BCUT2D eigenvalue weighted by molar-refractivity contribution is -0.145. The molecule has 13 N–H and O–H groups in total. The van der Waals surface area contributed by atoms with Gasteiger partial charge in [-0.3, -0.25) is 33.8 Å². The zero-order valence-corrected chi connectivity index (χ0v) is 28.2. The van der Waals surface area contributed by atoms with Gasteiger partial charge in [-0.2, -0.15) is 0 Å². The fourth-order valence-electron chi connectivity index (χ4n) is 6.07. The number of aliphatic imine (C=N–C) groups is 1. The van der Waals surface area contributed by atoms with Crippen LogP contribution in [0.5, 0.6) is 5.75 Å². The summed E-state index contributed by atoms with van der Waals surface area (Å²) < 4.78 is 0. The van der Waals surface area contributed by atoms with Crippen molar-refractivity contribution < 1.29 is 33.9 Å². The van der Waals surface area contributed by atoms with Crippen molar-refractivity contribution in [2.45, 2.75) is 76.2 Å². The molecule has 17 nitrogen and oxygen atoms in total. The molecule has 272 valence electrons. The van der Waals surface area contributed by atoms with Crippen LogP contribution in [0.4, 0.5) is 0 Å². The maximum atomic E-state index is 14.5. The number of H-pyrrole nitrogens is 1. The molecule has 1 aromatic heterocycles. The third-order valence-electron chi connectivity index (χ3n) is 8.56. The largest absolute Gasteiger partial charge is 0.508 e. The topological polar surface area (TPSA) is 294 Å². The van der Waals surface area contributed by atoms with Gasteiger partial charge in [0.25, 0.3) is 0 Å². The van der Waals surface area contributed by atoms with E-state index in [4.69, 9.17) is 22.9 Å². The number of aromatic amines is 1. The van der Waals surface area contributed by atoms with E-state index in [1.54, 1.807) is 12.1 Å². The van der Waals surface area contributed by atoms with Crippen LogP contribution in [0.25, 0.3) is 10.9 Å². The molecule has 51 heavy (non-hydrogen) atoms. The van der Waals surface area contributed by atoms with Crippen molar-refractivity contribution in [2.24, 2.45) is 27.9 Å². The maximum absolute atomic E-state index is 14.5. The van der Waals surface area contributed by atoms with Crippen LogP contribution >= 0.6 is 0 Å². The van der Waals surface area contributed by atoms with Crippen molar-refractivity contribution in [3.8, 4) is 5.75 Å². The Hall–Kier alpha value is -6.13. The SMILES string of the molecule is CC(=O)NC(CCC(N)=O)C(=O)NC(CCCN=C(N)N)C(=O)N1Cc2[nH]c3ccccc3c2CC1C(=O)NC(Cc1ccc(O)cc1)C(N)=O. The molecule has 17 heteroatoms. The Bertz CT molecular complexity index is 1800. The first-order chi connectivity index (χ1) is 24.2. The number of aromatic nitrogens is 1. The molecule has 2 aromatic carbocycles. The number of nitrogens with two attached hydrogens (primary N) is 4. The summed E-state index contributed by atoms with van der Waals surface area (Å²) in [6, 6.07) is 8.88. The lowest BCUT2D eigenvalue weighted by Crippen LogP contribution is -2.60. The predicted octanol–water partition coefficient (Wildman–Crippen LogP) is -1.35. The highest BCUT2D eigenvalue weighted by Crippen LogP contribution is 2.31. The number of primary amides is 2. The standard InChI is InChI=1S/C34H44N10O7/c1-18(45)40-24(12-13-29(35)47)31(49)42-25(7-4-14-39-34(37)38)33(51)44-17-27-22(21-5-2-3-6-23(21)41-27)16-28(44)32(50)43-26(30(36)48)15-19-8-10-20(46)11-9-19/h2-3,5-6,8-11,24-26,28,41,46H,4,7,12-17H2,1H3,(H2,35,47)(H2,36,48)(H,40,45)(H,42,49)(H,43,50)(H4,37,38,39). The Morgan fingerprint density at radius 3 is 2.27 bits per heavy atom. The van der Waals surface area contributed by atoms with Crippen LogP contribution in [0.15, 0.2) is 53.5 Å². The highest BCUT2D eigenvalue weighted by atomic mass is 16.3. The van der Waals surface area contributed by atoms with Gasteiger partial charge in [-0.1, -0.05) is 30.3 Å². The molecule has 0 saturated carbocycles. The maximum Gasteiger partial charge on any atom is 0.246 e. The summed E-state index contributed by atoms with van der Waals surface area (Å²) in [7, 11) is 0. The van der Waals surface area contributed by atoms with Crippen molar-refractivity contribution in [1.29, 1.82) is 0 Å². The van der Waals surface area contributed by atoms with Gasteiger partial charge in [0.05, 0.1) is 6.54 Å². The molecular formula is C34H44N10O7. The Labute approximate surface area is 293 Å². The van der Waals surface area contributed by atoms with Gasteiger partial charge >= 0.3 is 0 Å². The van der Waals surface area contributed by atoms with Crippen LogP contribution in [0.2, 0.25) is 0 Å². The third kappa shape index (κ3) is 10.2. The highest BCUT2D eigenvalue weighted by Gasteiger charge is 2.40. The number of benzene rings is 2. The number of nitrogens with one attached hydrogen (secondary N) is 4. The molecule has 0 radical (unpaired) electrons. The van der Waals surface area contributed by atoms with Crippen molar-refractivity contribution in [2.75, 3.05) is 6.54 Å². The fraction of sp³-hybridized carbons (Fsp3) is 0.382. The second-order valence-corrected chi connectivity index (χ2v) is 12.4. The number of phenolic OH excluding ortho intramolecular Hbond substituents is 1. The minimum atomic E-state index is -1.22. The smallest absolute Gasteiger partial charge is 0.246 e. The highest BCUT2D eigenvalue weighted by molar-refractivity contribution is 5.97. The van der Waals surface area contributed by atoms with Gasteiger partial charge in [-0.15, -0.1) is 0 Å². The van der Waals surface area contributed by atoms with E-state index in [9.17, 15) is 33.9 Å². The summed E-state index contributed by atoms with van der Waals surface area (Å²) in [5.74, 6) is -4.16. The minimum Gasteiger partial charge on any atom is -0.508 e. The monoisotopic (exact) mass is 704 g/mol. The summed E-state index contributed by atoms with van der Waals surface area (Å²) >= 11 is 0. The molecule has 4 unspecified atom stereocenters. The molecule has 0 saturated heterocycles. The van der Waals surface area contributed by atoms with Gasteiger partial charge < -0.3 is 53.9 Å². The molecule has 0 aliphatic carbocycles. The molecule has 2 heterocycles. The molecule has 0 fully saturated rings. The summed E-state index contributed by atoms with van der Waals surface area (Å²) in [4.78, 5) is 86.7. The van der Waals surface area contributed by atoms with Crippen LogP contribution in [0.3, 0.4) is 0 Å². The van der Waals surface area contributed by atoms with Crippen molar-refractivity contribution >= 4 is 52.3 Å². The number of carbonyl (C=O) groups is 6. The first-order valence-corrected chi connectivity index (χ1v) is 16.4. The lowest BCUT2D eigenvalue weighted by Gasteiger charge is -2.38. The Morgan fingerprint density at radius 1 is 0.922 bits per heavy atom. The normalized spacial score (nSPS) is 15.5. The average molecular weight is 705 g/mol. The second-order valence-electron chi connectivity index (χ2n) is 12.4. The lowest BCUT2D eigenvalue weighted by atomic mass is 9.94. The van der Waals surface area contributed by atoms with Gasteiger partial charge in [0.15, 0.2) is 5.96 Å². The number of rotatable bonds is 16. The molecule has 0 bridgehead atoms. The van der Waals surface area contributed by atoms with Crippen LogP contribution in [0, 0.1) is 0 Å². The van der Waals surface area contributed by atoms with E-state index in [1.807, 2.05) is 24.3 Å². The van der Waals surface area contributed by atoms with Gasteiger partial charge in [0, 0.05) is 49.3 Å². The molecule has 3 aromatic rings. The van der Waals surface area contributed by atoms with Crippen molar-refractivity contribution in [3.63, 3.8) is 0 Å². The van der Waals surface area contributed by atoms with E-state index in [0.29, 0.717) is 11.3 Å². The van der Waals surface area contributed by atoms with Crippen molar-refractivity contribution in [3.05, 3.63) is 65.4 Å². The van der Waals surface area contributed by atoms with E-state index < -0.39 is 59.6 Å². The summed E-state index contributed by atoms with van der Waals surface area (Å²) in [5, 5.41) is 18.4. The number of nitrogens with zero attached hydrogens (tertiary/aromatic N) is 2. The number of para-hydroxylation sites is 1. The molecule has 4 rings (SSSR count). The third-order valence-corrected chi connectivity index (χ3v) is 8.56. The van der Waals surface area contributed by atoms with Gasteiger partial charge in [-0.25, -0.2) is 0 Å². The number of aromatic hydroxyl groups is 1. The van der Waals surface area contributed by atoms with E-state index in [-0.39, 0.29) is 63.3 Å². The number of guanidine groups is 1. The van der Waals surface area contributed by atoms with Crippen LogP contribution in [0.1, 0.15) is 49.4 Å². The number of fused-ring (bicyclic) bond motifs is 3. The summed E-state index contributed by atoms with van der Waals surface area (Å²) in [6.45, 7) is 1.29. The predicted molar refractivity (Wildman–Crippen MR) is 187 cm³/mol. The molecule has 1 aliphatic heterocycles. The Morgan fingerprint density at radius 2 is 1.63 bits per heavy atom. The number of hydrogen-bond acceptors (Lipinski definition) is 8. The first kappa shape index (κ1) is 37.7. The van der Waals surface area contributed by atoms with Gasteiger partial charge in [0.1, 0.15) is 29.9 Å². The number of phenols is 1. The van der Waals surface area contributed by atoms with Gasteiger partial charge in [0.2, 0.25) is 35.4 Å². The first-order valence-electron chi connectivity index (χ1n) is 16.4. The Balaban J connectivity index is 1.67.